The van der Waals surface area contributed by atoms with E-state index >= 15 is 0 Å². The fraction of sp³-hybridized carbons (Fsp3) is 0.292. The van der Waals surface area contributed by atoms with Crippen molar-refractivity contribution in [3.8, 4) is 11.3 Å². The number of aryl methyl sites for hydroxylation is 2. The summed E-state index contributed by atoms with van der Waals surface area (Å²) in [4.78, 5) is 21.2. The monoisotopic (exact) mass is 416 g/mol. The van der Waals surface area contributed by atoms with Crippen molar-refractivity contribution >= 4 is 34.2 Å². The second-order valence-corrected chi connectivity index (χ2v) is 8.24. The molecule has 0 bridgehead atoms. The van der Waals surface area contributed by atoms with E-state index in [0.29, 0.717) is 5.92 Å². The van der Waals surface area contributed by atoms with E-state index < -0.39 is 0 Å². The number of hydrogen-bond acceptors (Lipinski definition) is 4. The number of nitrogens with zero attached hydrogens (tertiary/aromatic N) is 3. The molecule has 0 radical (unpaired) electrons. The Morgan fingerprint density at radius 2 is 1.81 bits per heavy atom. The number of anilines is 2. The van der Waals surface area contributed by atoms with Crippen LogP contribution in [-0.2, 0) is 0 Å². The molecule has 0 aliphatic rings. The van der Waals surface area contributed by atoms with Gasteiger partial charge in [-0.1, -0.05) is 26.0 Å². The minimum absolute atomic E-state index is 0.244. The molecular formula is C24H28N6O. The molecule has 7 heteroatoms. The first-order valence-corrected chi connectivity index (χ1v) is 10.5. The third kappa shape index (κ3) is 4.03. The molecule has 7 nitrogen and oxygen atoms in total. The Labute approximate surface area is 181 Å². The Balaban J connectivity index is 1.88. The highest BCUT2D eigenvalue weighted by molar-refractivity contribution is 5.90. The van der Waals surface area contributed by atoms with Crippen molar-refractivity contribution in [1.82, 2.24) is 19.7 Å². The lowest BCUT2D eigenvalue weighted by molar-refractivity contribution is 0.254. The number of imidazole rings is 1. The van der Waals surface area contributed by atoms with Crippen LogP contribution in [0.15, 0.2) is 42.6 Å². The topological polar surface area (TPSA) is 83.3 Å². The number of amides is 2. The zero-order chi connectivity index (χ0) is 22.1. The maximum atomic E-state index is 11.6. The number of benzene rings is 2. The van der Waals surface area contributed by atoms with Crippen LogP contribution in [0.3, 0.4) is 0 Å². The predicted molar refractivity (Wildman–Crippen MR) is 127 cm³/mol. The second-order valence-electron chi connectivity index (χ2n) is 8.24. The number of carbonyl (C=O) groups is 1. The molecule has 0 unspecified atom stereocenters. The molecule has 160 valence electrons. The van der Waals surface area contributed by atoms with Crippen LogP contribution in [0, 0.1) is 19.8 Å². The number of fused-ring (bicyclic) bond motifs is 3. The van der Waals surface area contributed by atoms with E-state index in [4.69, 9.17) is 9.97 Å². The van der Waals surface area contributed by atoms with Gasteiger partial charge in [0.05, 0.1) is 22.9 Å². The third-order valence-electron chi connectivity index (χ3n) is 5.38. The minimum Gasteiger partial charge on any atom is -0.367 e. The Hall–Kier alpha value is -3.61. The second kappa shape index (κ2) is 8.26. The number of urea groups is 1. The van der Waals surface area contributed by atoms with Gasteiger partial charge in [0.15, 0.2) is 11.5 Å². The summed E-state index contributed by atoms with van der Waals surface area (Å²) in [5, 5.41) is 8.81. The van der Waals surface area contributed by atoms with Gasteiger partial charge < -0.3 is 16.0 Å². The van der Waals surface area contributed by atoms with E-state index in [9.17, 15) is 4.79 Å². The summed E-state index contributed by atoms with van der Waals surface area (Å²) in [7, 11) is 1.59. The van der Waals surface area contributed by atoms with E-state index in [1.165, 1.54) is 11.1 Å². The zero-order valence-electron chi connectivity index (χ0n) is 18.6. The van der Waals surface area contributed by atoms with Gasteiger partial charge in [-0.05, 0) is 55.2 Å². The number of hydrogen-bond donors (Lipinski definition) is 3. The largest absolute Gasteiger partial charge is 0.367 e. The first-order valence-electron chi connectivity index (χ1n) is 10.5. The van der Waals surface area contributed by atoms with Crippen LogP contribution in [0.2, 0.25) is 0 Å². The molecule has 3 N–H and O–H groups in total. The fourth-order valence-corrected chi connectivity index (χ4v) is 3.53. The summed E-state index contributed by atoms with van der Waals surface area (Å²) in [6.07, 6.45) is 1.88. The number of nitrogens with one attached hydrogen (secondary N) is 3. The van der Waals surface area contributed by atoms with Gasteiger partial charge in [-0.15, -0.1) is 0 Å². The first kappa shape index (κ1) is 20.7. The van der Waals surface area contributed by atoms with Crippen molar-refractivity contribution in [3.63, 3.8) is 0 Å². The molecular weight excluding hydrogens is 388 g/mol. The molecule has 0 fully saturated rings. The SMILES string of the molecule is CNC(=O)Nc1ccc(-c2cnc3c(NCC(C)C)nc4cc(C)c(C)cc4n23)cc1. The molecule has 2 aromatic carbocycles. The van der Waals surface area contributed by atoms with Gasteiger partial charge >= 0.3 is 6.03 Å². The molecule has 0 spiro atoms. The maximum Gasteiger partial charge on any atom is 0.318 e. The van der Waals surface area contributed by atoms with Crippen LogP contribution < -0.4 is 16.0 Å². The summed E-state index contributed by atoms with van der Waals surface area (Å²) in [6, 6.07) is 11.8. The standard InChI is InChI=1S/C24H28N6O/c1-14(2)12-26-22-23-27-13-21(17-6-8-18(9-7-17)28-24(31)25-5)30(23)20-11-16(4)15(3)10-19(20)29-22/h6-11,13-14H,12H2,1-5H3,(H,26,29)(H2,25,28,31). The molecule has 31 heavy (non-hydrogen) atoms. The van der Waals surface area contributed by atoms with Crippen molar-refractivity contribution in [2.24, 2.45) is 5.92 Å². The van der Waals surface area contributed by atoms with Gasteiger partial charge in [-0.2, -0.15) is 0 Å². The van der Waals surface area contributed by atoms with Crippen LogP contribution in [0.25, 0.3) is 27.9 Å². The molecule has 0 atom stereocenters. The molecule has 4 aromatic rings. The lowest BCUT2D eigenvalue weighted by atomic mass is 10.1. The van der Waals surface area contributed by atoms with Crippen molar-refractivity contribution in [3.05, 3.63) is 53.7 Å². The summed E-state index contributed by atoms with van der Waals surface area (Å²) in [6.45, 7) is 9.38. The number of carbonyl (C=O) groups excluding carboxylic acids is 1. The third-order valence-corrected chi connectivity index (χ3v) is 5.38. The molecule has 2 heterocycles. The van der Waals surface area contributed by atoms with Crippen LogP contribution >= 0.6 is 0 Å². The number of aromatic nitrogens is 3. The van der Waals surface area contributed by atoms with Crippen LogP contribution in [-0.4, -0.2) is 34.0 Å². The molecule has 2 amide bonds. The Morgan fingerprint density at radius 3 is 2.48 bits per heavy atom. The van der Waals surface area contributed by atoms with E-state index in [0.717, 1.165) is 46.0 Å². The highest BCUT2D eigenvalue weighted by Crippen LogP contribution is 2.30. The average molecular weight is 417 g/mol. The van der Waals surface area contributed by atoms with E-state index in [-0.39, 0.29) is 6.03 Å². The Morgan fingerprint density at radius 1 is 1.10 bits per heavy atom. The van der Waals surface area contributed by atoms with Gasteiger partial charge in [0.2, 0.25) is 0 Å². The summed E-state index contributed by atoms with van der Waals surface area (Å²) >= 11 is 0. The van der Waals surface area contributed by atoms with Gasteiger partial charge in [-0.25, -0.2) is 14.8 Å². The minimum atomic E-state index is -0.244. The maximum absolute atomic E-state index is 11.6. The number of rotatable bonds is 5. The summed E-state index contributed by atoms with van der Waals surface area (Å²) in [5.41, 5.74) is 7.89. The van der Waals surface area contributed by atoms with Gasteiger partial charge in [0.1, 0.15) is 0 Å². The first-order chi connectivity index (χ1) is 14.9. The lowest BCUT2D eigenvalue weighted by Gasteiger charge is -2.14. The summed E-state index contributed by atoms with van der Waals surface area (Å²) < 4.78 is 2.17. The highest BCUT2D eigenvalue weighted by Gasteiger charge is 2.16. The average Bonchev–Trinajstić information content (AvgIpc) is 3.19. The van der Waals surface area contributed by atoms with Crippen molar-refractivity contribution in [1.29, 1.82) is 0 Å². The quantitative estimate of drug-likeness (QED) is 0.428. The fourth-order valence-electron chi connectivity index (χ4n) is 3.53. The van der Waals surface area contributed by atoms with Crippen molar-refractivity contribution in [2.45, 2.75) is 27.7 Å². The van der Waals surface area contributed by atoms with E-state index in [2.05, 4.69) is 60.2 Å². The molecule has 4 rings (SSSR count). The highest BCUT2D eigenvalue weighted by atomic mass is 16.2. The van der Waals surface area contributed by atoms with Gasteiger partial charge in [0.25, 0.3) is 0 Å². The van der Waals surface area contributed by atoms with Crippen LogP contribution in [0.5, 0.6) is 0 Å². The molecule has 0 saturated carbocycles. The van der Waals surface area contributed by atoms with Gasteiger partial charge in [-0.3, -0.25) is 4.40 Å². The van der Waals surface area contributed by atoms with Gasteiger partial charge in [0, 0.05) is 24.8 Å². The Bertz CT molecular complexity index is 1260. The van der Waals surface area contributed by atoms with E-state index in [1.807, 2.05) is 30.5 Å². The van der Waals surface area contributed by atoms with E-state index in [1.54, 1.807) is 7.05 Å². The molecule has 0 aliphatic heterocycles. The van der Waals surface area contributed by atoms with Crippen LogP contribution in [0.1, 0.15) is 25.0 Å². The van der Waals surface area contributed by atoms with Crippen molar-refractivity contribution < 1.29 is 4.79 Å². The normalized spacial score (nSPS) is 11.3. The molecule has 0 saturated heterocycles. The zero-order valence-corrected chi connectivity index (χ0v) is 18.6. The lowest BCUT2D eigenvalue weighted by Crippen LogP contribution is -2.24. The van der Waals surface area contributed by atoms with Crippen LogP contribution in [0.4, 0.5) is 16.3 Å². The Kier molecular flexibility index (Phi) is 5.50. The smallest absolute Gasteiger partial charge is 0.318 e. The molecule has 0 aliphatic carbocycles. The molecule has 2 aromatic heterocycles. The predicted octanol–water partition coefficient (Wildman–Crippen LogP) is 4.99. The van der Waals surface area contributed by atoms with Crippen molar-refractivity contribution in [2.75, 3.05) is 24.2 Å². The summed E-state index contributed by atoms with van der Waals surface area (Å²) in [5.74, 6) is 1.28.